The molecule has 168 valence electrons. The number of carbonyl (C=O) groups excluding carboxylic acids is 1. The number of rotatable bonds is 10. The second-order valence-electron chi connectivity index (χ2n) is 7.07. The lowest BCUT2D eigenvalue weighted by molar-refractivity contribution is 0.0962. The van der Waals surface area contributed by atoms with Crippen molar-refractivity contribution in [3.05, 3.63) is 35.4 Å². The van der Waals surface area contributed by atoms with Crippen LogP contribution in [0.2, 0.25) is 0 Å². The minimum Gasteiger partial charge on any atom is -0.487 e. The molecule has 1 aromatic carbocycles. The molecular formula is C23H27N4O4P. The minimum absolute atomic E-state index is 0.0702. The zero-order chi connectivity index (χ0) is 23.7. The van der Waals surface area contributed by atoms with Crippen LogP contribution in [0.15, 0.2) is 24.3 Å². The van der Waals surface area contributed by atoms with Crippen LogP contribution in [0.5, 0.6) is 11.6 Å². The van der Waals surface area contributed by atoms with E-state index in [-0.39, 0.29) is 31.5 Å². The molecule has 0 saturated heterocycles. The normalized spacial score (nSPS) is 10.4. The molecule has 2 rings (SSSR count). The Morgan fingerprint density at radius 2 is 1.84 bits per heavy atom. The first-order valence-electron chi connectivity index (χ1n) is 9.72. The first-order valence-corrected chi connectivity index (χ1v) is 12.3. The number of pyridine rings is 1. The van der Waals surface area contributed by atoms with Gasteiger partial charge in [0, 0.05) is 18.2 Å². The average Bonchev–Trinajstić information content (AvgIpc) is 2.78. The fourth-order valence-corrected chi connectivity index (χ4v) is 3.60. The number of amides is 1. The van der Waals surface area contributed by atoms with Gasteiger partial charge in [0.15, 0.2) is 0 Å². The predicted octanol–water partition coefficient (Wildman–Crippen LogP) is 2.37. The molecule has 8 nitrogen and oxygen atoms in total. The van der Waals surface area contributed by atoms with Gasteiger partial charge in [0.25, 0.3) is 5.91 Å². The summed E-state index contributed by atoms with van der Waals surface area (Å²) < 4.78 is 24.2. The van der Waals surface area contributed by atoms with Crippen molar-refractivity contribution in [3.8, 4) is 36.3 Å². The molecule has 0 aliphatic rings. The molecule has 1 heterocycles. The lowest BCUT2D eigenvalue weighted by Gasteiger charge is -2.19. The van der Waals surface area contributed by atoms with Gasteiger partial charge in [0.05, 0.1) is 25.9 Å². The second-order valence-corrected chi connectivity index (χ2v) is 10.2. The number of ether oxygens (including phenoxy) is 2. The van der Waals surface area contributed by atoms with Crippen LogP contribution in [-0.4, -0.2) is 51.5 Å². The highest BCUT2D eigenvalue weighted by Crippen LogP contribution is 2.37. The van der Waals surface area contributed by atoms with Crippen molar-refractivity contribution in [3.63, 3.8) is 0 Å². The summed E-state index contributed by atoms with van der Waals surface area (Å²) in [4.78, 5) is 16.5. The predicted molar refractivity (Wildman–Crippen MR) is 129 cm³/mol. The quantitative estimate of drug-likeness (QED) is 0.374. The number of methoxy groups -OCH3 is 1. The largest absolute Gasteiger partial charge is 0.487 e. The Labute approximate surface area is 188 Å². The Morgan fingerprint density at radius 1 is 1.16 bits per heavy atom. The molecule has 2 aromatic rings. The van der Waals surface area contributed by atoms with Gasteiger partial charge >= 0.3 is 0 Å². The molecule has 9 heteroatoms. The van der Waals surface area contributed by atoms with Gasteiger partial charge in [-0.3, -0.25) is 4.79 Å². The molecule has 0 unspecified atom stereocenters. The van der Waals surface area contributed by atoms with Gasteiger partial charge in [-0.05, 0) is 37.6 Å². The van der Waals surface area contributed by atoms with E-state index in [0.717, 1.165) is 0 Å². The Kier molecular flexibility index (Phi) is 8.58. The summed E-state index contributed by atoms with van der Waals surface area (Å²) >= 11 is 0. The molecule has 0 spiro atoms. The van der Waals surface area contributed by atoms with Crippen LogP contribution in [0.4, 0.5) is 11.4 Å². The van der Waals surface area contributed by atoms with Crippen LogP contribution in [0, 0.1) is 24.7 Å². The fourth-order valence-electron chi connectivity index (χ4n) is 2.80. The number of nitrogens with one attached hydrogen (secondary N) is 3. The van der Waals surface area contributed by atoms with Gasteiger partial charge in [-0.25, -0.2) is 4.98 Å². The van der Waals surface area contributed by atoms with E-state index in [1.165, 1.54) is 7.11 Å². The van der Waals surface area contributed by atoms with E-state index in [0.29, 0.717) is 33.7 Å². The number of carbonyl (C=O) groups is 1. The standard InChI is InChI=1S/C23H27N4O4P/c1-7-11-25-18-10-9-16(22(28)24-3)13-19(18)31-15-17-14-20(32(5,6)29)27-23(30-4)21(17)26-12-8-2/h1-2,9-10,13-14,25-26H,11-12,15H2,3-6H3,(H,24,28). The number of hydrogen-bond acceptors (Lipinski definition) is 7. The van der Waals surface area contributed by atoms with Gasteiger partial charge in [-0.15, -0.1) is 12.8 Å². The van der Waals surface area contributed by atoms with Crippen molar-refractivity contribution in [1.29, 1.82) is 0 Å². The van der Waals surface area contributed by atoms with Crippen LogP contribution < -0.4 is 30.9 Å². The highest BCUT2D eigenvalue weighted by molar-refractivity contribution is 7.69. The van der Waals surface area contributed by atoms with Gasteiger partial charge in [0.1, 0.15) is 30.6 Å². The molecule has 0 fully saturated rings. The topological polar surface area (TPSA) is 102 Å². The van der Waals surface area contributed by atoms with Gasteiger partial charge in [-0.1, -0.05) is 11.8 Å². The molecule has 0 saturated carbocycles. The number of aromatic nitrogens is 1. The summed E-state index contributed by atoms with van der Waals surface area (Å²) in [6, 6.07) is 6.72. The molecule has 0 atom stereocenters. The van der Waals surface area contributed by atoms with E-state index in [1.54, 1.807) is 44.6 Å². The maximum Gasteiger partial charge on any atom is 0.251 e. The van der Waals surface area contributed by atoms with Crippen molar-refractivity contribution in [2.75, 3.05) is 51.2 Å². The van der Waals surface area contributed by atoms with Gasteiger partial charge < -0.3 is 30.0 Å². The Balaban J connectivity index is 2.49. The van der Waals surface area contributed by atoms with Crippen LogP contribution in [0.25, 0.3) is 0 Å². The Hall–Kier alpha value is -3.61. The third-order valence-electron chi connectivity index (χ3n) is 4.40. The van der Waals surface area contributed by atoms with Crippen molar-refractivity contribution in [2.45, 2.75) is 6.61 Å². The molecule has 1 aromatic heterocycles. The number of benzene rings is 1. The SMILES string of the molecule is C#CCNc1ccc(C(=O)NC)cc1OCc1cc(P(C)(C)=O)nc(OC)c1NCC#C. The number of hydrogen-bond donors (Lipinski definition) is 3. The molecular weight excluding hydrogens is 427 g/mol. The zero-order valence-electron chi connectivity index (χ0n) is 18.6. The van der Waals surface area contributed by atoms with Crippen LogP contribution in [-0.2, 0) is 11.2 Å². The van der Waals surface area contributed by atoms with Crippen molar-refractivity contribution < 1.29 is 18.8 Å². The highest BCUT2D eigenvalue weighted by Gasteiger charge is 2.21. The highest BCUT2D eigenvalue weighted by atomic mass is 31.2. The van der Waals surface area contributed by atoms with Gasteiger partial charge in [-0.2, -0.15) is 0 Å². The monoisotopic (exact) mass is 454 g/mol. The lowest BCUT2D eigenvalue weighted by atomic mass is 10.1. The van der Waals surface area contributed by atoms with Crippen LogP contribution in [0.1, 0.15) is 15.9 Å². The lowest BCUT2D eigenvalue weighted by Crippen LogP contribution is -2.18. The van der Waals surface area contributed by atoms with Gasteiger partial charge in [0.2, 0.25) is 5.88 Å². The summed E-state index contributed by atoms with van der Waals surface area (Å²) in [6.07, 6.45) is 10.8. The number of terminal acetylenes is 2. The van der Waals surface area contributed by atoms with E-state index >= 15 is 0 Å². The minimum atomic E-state index is -2.68. The van der Waals surface area contributed by atoms with Crippen molar-refractivity contribution in [2.24, 2.45) is 0 Å². The number of anilines is 2. The first-order chi connectivity index (χ1) is 15.2. The summed E-state index contributed by atoms with van der Waals surface area (Å²) in [5, 5.41) is 8.74. The zero-order valence-corrected chi connectivity index (χ0v) is 19.5. The summed E-state index contributed by atoms with van der Waals surface area (Å²) in [6.45, 7) is 3.85. The molecule has 3 N–H and O–H groups in total. The summed E-state index contributed by atoms with van der Waals surface area (Å²) in [7, 11) is 0.348. The summed E-state index contributed by atoms with van der Waals surface area (Å²) in [5.41, 5.74) is 2.66. The molecule has 0 bridgehead atoms. The third-order valence-corrected chi connectivity index (χ3v) is 5.73. The molecule has 0 aliphatic carbocycles. The number of nitrogens with zero attached hydrogens (tertiary/aromatic N) is 1. The van der Waals surface area contributed by atoms with E-state index in [1.807, 2.05) is 0 Å². The van der Waals surface area contributed by atoms with E-state index in [9.17, 15) is 9.36 Å². The van der Waals surface area contributed by atoms with E-state index in [4.69, 9.17) is 22.3 Å². The Morgan fingerprint density at radius 3 is 2.44 bits per heavy atom. The van der Waals surface area contributed by atoms with Crippen LogP contribution >= 0.6 is 7.14 Å². The van der Waals surface area contributed by atoms with Crippen LogP contribution in [0.3, 0.4) is 0 Å². The fraction of sp³-hybridized carbons (Fsp3) is 0.304. The smallest absolute Gasteiger partial charge is 0.251 e. The maximum atomic E-state index is 12.7. The van der Waals surface area contributed by atoms with Crippen molar-refractivity contribution in [1.82, 2.24) is 10.3 Å². The summed E-state index contributed by atoms with van der Waals surface area (Å²) in [5.74, 6) is 5.46. The second kappa shape index (κ2) is 11.1. The average molecular weight is 454 g/mol. The van der Waals surface area contributed by atoms with Crippen molar-refractivity contribution >= 4 is 29.9 Å². The first kappa shape index (κ1) is 24.7. The van der Waals surface area contributed by atoms with E-state index < -0.39 is 7.14 Å². The molecule has 32 heavy (non-hydrogen) atoms. The molecule has 1 amide bonds. The Bertz CT molecular complexity index is 1110. The third kappa shape index (κ3) is 6.20. The van der Waals surface area contributed by atoms with E-state index in [2.05, 4.69) is 32.8 Å². The molecule has 0 aliphatic heterocycles. The molecule has 0 radical (unpaired) electrons. The maximum absolute atomic E-state index is 12.7.